The van der Waals surface area contributed by atoms with Crippen LogP contribution >= 0.6 is 39.1 Å². The van der Waals surface area contributed by atoms with Crippen molar-refractivity contribution in [1.29, 1.82) is 0 Å². The number of rotatable bonds is 6. The zero-order chi connectivity index (χ0) is 14.6. The molecule has 0 atom stereocenters. The standard InChI is InChI=1S/C12H16BrCl2NO2S/c1-9(2)16(7-3-6-13)19(17,18)12-8-10(14)4-5-11(12)15/h4-5,8-9H,3,6-7H2,1-2H3. The minimum Gasteiger partial charge on any atom is -0.207 e. The van der Waals surface area contributed by atoms with Crippen molar-refractivity contribution in [3.8, 4) is 0 Å². The summed E-state index contributed by atoms with van der Waals surface area (Å²) in [4.78, 5) is 0.0601. The SMILES string of the molecule is CC(C)N(CCCBr)S(=O)(=O)c1cc(Cl)ccc1Cl. The van der Waals surface area contributed by atoms with E-state index >= 15 is 0 Å². The van der Waals surface area contributed by atoms with Crippen molar-refractivity contribution in [1.82, 2.24) is 4.31 Å². The molecule has 0 heterocycles. The van der Waals surface area contributed by atoms with Gasteiger partial charge in [-0.05, 0) is 38.5 Å². The monoisotopic (exact) mass is 387 g/mol. The Labute approximate surface area is 133 Å². The largest absolute Gasteiger partial charge is 0.244 e. The van der Waals surface area contributed by atoms with Gasteiger partial charge in [-0.25, -0.2) is 8.42 Å². The van der Waals surface area contributed by atoms with Gasteiger partial charge < -0.3 is 0 Å². The van der Waals surface area contributed by atoms with E-state index in [1.165, 1.54) is 16.4 Å². The van der Waals surface area contributed by atoms with Gasteiger partial charge in [0, 0.05) is 22.9 Å². The van der Waals surface area contributed by atoms with Gasteiger partial charge in [-0.15, -0.1) is 0 Å². The zero-order valence-electron chi connectivity index (χ0n) is 10.7. The molecule has 108 valence electrons. The van der Waals surface area contributed by atoms with E-state index in [4.69, 9.17) is 23.2 Å². The van der Waals surface area contributed by atoms with Crippen molar-refractivity contribution < 1.29 is 8.42 Å². The van der Waals surface area contributed by atoms with Crippen molar-refractivity contribution in [3.05, 3.63) is 28.2 Å². The molecular weight excluding hydrogens is 373 g/mol. The van der Waals surface area contributed by atoms with Crippen LogP contribution in [-0.2, 0) is 10.0 Å². The maximum absolute atomic E-state index is 12.6. The molecule has 0 saturated carbocycles. The number of alkyl halides is 1. The average molecular weight is 389 g/mol. The fourth-order valence-corrected chi connectivity index (χ4v) is 4.34. The Hall–Kier alpha value is 0.190. The van der Waals surface area contributed by atoms with E-state index in [-0.39, 0.29) is 16.0 Å². The topological polar surface area (TPSA) is 37.4 Å². The quantitative estimate of drug-likeness (QED) is 0.685. The third kappa shape index (κ3) is 4.33. The summed E-state index contributed by atoms with van der Waals surface area (Å²) in [5.74, 6) is 0. The maximum atomic E-state index is 12.6. The molecule has 0 fully saturated rings. The number of halogens is 3. The number of hydrogen-bond acceptors (Lipinski definition) is 2. The fourth-order valence-electron chi connectivity index (χ4n) is 1.67. The zero-order valence-corrected chi connectivity index (χ0v) is 14.7. The second kappa shape index (κ2) is 7.27. The van der Waals surface area contributed by atoms with Crippen LogP contribution < -0.4 is 0 Å². The first-order chi connectivity index (χ1) is 8.80. The lowest BCUT2D eigenvalue weighted by Gasteiger charge is -2.26. The summed E-state index contributed by atoms with van der Waals surface area (Å²) >= 11 is 15.2. The normalized spacial score (nSPS) is 12.4. The average Bonchev–Trinajstić information content (AvgIpc) is 2.32. The molecule has 1 aromatic carbocycles. The molecular formula is C12H16BrCl2NO2S. The van der Waals surface area contributed by atoms with Gasteiger partial charge in [-0.2, -0.15) is 4.31 Å². The van der Waals surface area contributed by atoms with Crippen LogP contribution in [0.5, 0.6) is 0 Å². The van der Waals surface area contributed by atoms with E-state index in [0.29, 0.717) is 11.6 Å². The smallest absolute Gasteiger partial charge is 0.207 e. The van der Waals surface area contributed by atoms with E-state index in [1.807, 2.05) is 13.8 Å². The number of nitrogens with zero attached hydrogens (tertiary/aromatic N) is 1. The van der Waals surface area contributed by atoms with Gasteiger partial charge in [-0.1, -0.05) is 39.1 Å². The van der Waals surface area contributed by atoms with Crippen LogP contribution in [0.2, 0.25) is 10.0 Å². The predicted molar refractivity (Wildman–Crippen MR) is 83.9 cm³/mol. The summed E-state index contributed by atoms with van der Waals surface area (Å²) in [7, 11) is -3.63. The third-order valence-corrected chi connectivity index (χ3v) is 5.92. The van der Waals surface area contributed by atoms with Gasteiger partial charge in [0.2, 0.25) is 10.0 Å². The maximum Gasteiger partial charge on any atom is 0.244 e. The molecule has 0 amide bonds. The van der Waals surface area contributed by atoms with E-state index in [9.17, 15) is 8.42 Å². The minimum atomic E-state index is -3.63. The van der Waals surface area contributed by atoms with E-state index in [0.717, 1.165) is 11.8 Å². The summed E-state index contributed by atoms with van der Waals surface area (Å²) in [6, 6.07) is 4.32. The van der Waals surface area contributed by atoms with Gasteiger partial charge in [0.1, 0.15) is 4.90 Å². The summed E-state index contributed by atoms with van der Waals surface area (Å²) in [5, 5.41) is 1.29. The van der Waals surface area contributed by atoms with Gasteiger partial charge in [0.05, 0.1) is 5.02 Å². The molecule has 0 radical (unpaired) electrons. The van der Waals surface area contributed by atoms with Crippen molar-refractivity contribution in [2.24, 2.45) is 0 Å². The van der Waals surface area contributed by atoms with Gasteiger partial charge in [0.25, 0.3) is 0 Å². The molecule has 1 rings (SSSR count). The Kier molecular flexibility index (Phi) is 6.60. The summed E-state index contributed by atoms with van der Waals surface area (Å²) in [5.41, 5.74) is 0. The van der Waals surface area contributed by atoms with Crippen LogP contribution in [0.15, 0.2) is 23.1 Å². The summed E-state index contributed by atoms with van der Waals surface area (Å²) < 4.78 is 26.7. The third-order valence-electron chi connectivity index (χ3n) is 2.57. The molecule has 3 nitrogen and oxygen atoms in total. The molecule has 0 aliphatic carbocycles. The van der Waals surface area contributed by atoms with Gasteiger partial charge >= 0.3 is 0 Å². The summed E-state index contributed by atoms with van der Waals surface area (Å²) in [6.07, 6.45) is 0.732. The molecule has 0 aliphatic heterocycles. The van der Waals surface area contributed by atoms with Crippen LogP contribution in [0.3, 0.4) is 0 Å². The molecule has 0 aromatic heterocycles. The Bertz CT molecular complexity index is 535. The molecule has 19 heavy (non-hydrogen) atoms. The van der Waals surface area contributed by atoms with E-state index in [1.54, 1.807) is 6.07 Å². The Morgan fingerprint density at radius 1 is 1.32 bits per heavy atom. The summed E-state index contributed by atoms with van der Waals surface area (Å²) in [6.45, 7) is 4.11. The minimum absolute atomic E-state index is 0.0601. The van der Waals surface area contributed by atoms with Gasteiger partial charge in [0.15, 0.2) is 0 Å². The number of sulfonamides is 1. The Balaban J connectivity index is 3.22. The lowest BCUT2D eigenvalue weighted by molar-refractivity contribution is 0.355. The van der Waals surface area contributed by atoms with E-state index in [2.05, 4.69) is 15.9 Å². The highest BCUT2D eigenvalue weighted by Crippen LogP contribution is 2.28. The lowest BCUT2D eigenvalue weighted by atomic mass is 10.3. The van der Waals surface area contributed by atoms with Crippen molar-refractivity contribution in [3.63, 3.8) is 0 Å². The highest BCUT2D eigenvalue weighted by Gasteiger charge is 2.28. The first-order valence-corrected chi connectivity index (χ1v) is 9.15. The van der Waals surface area contributed by atoms with Crippen LogP contribution in [-0.4, -0.2) is 30.6 Å². The Morgan fingerprint density at radius 2 is 1.95 bits per heavy atom. The van der Waals surface area contributed by atoms with Crippen LogP contribution in [0.4, 0.5) is 0 Å². The lowest BCUT2D eigenvalue weighted by Crippen LogP contribution is -2.38. The van der Waals surface area contributed by atoms with Crippen LogP contribution in [0.25, 0.3) is 0 Å². The molecule has 0 spiro atoms. The van der Waals surface area contributed by atoms with E-state index < -0.39 is 10.0 Å². The molecule has 0 unspecified atom stereocenters. The molecule has 0 N–H and O–H groups in total. The molecule has 0 aliphatic rings. The van der Waals surface area contributed by atoms with Crippen LogP contribution in [0.1, 0.15) is 20.3 Å². The highest BCUT2D eigenvalue weighted by molar-refractivity contribution is 9.09. The second-order valence-corrected chi connectivity index (χ2v) is 7.82. The first-order valence-electron chi connectivity index (χ1n) is 5.83. The molecule has 0 saturated heterocycles. The van der Waals surface area contributed by atoms with Crippen molar-refractivity contribution >= 4 is 49.2 Å². The predicted octanol–water partition coefficient (Wildman–Crippen LogP) is 4.18. The first kappa shape index (κ1) is 17.2. The second-order valence-electron chi connectivity index (χ2n) is 4.33. The number of hydrogen-bond donors (Lipinski definition) is 0. The fraction of sp³-hybridized carbons (Fsp3) is 0.500. The molecule has 0 bridgehead atoms. The van der Waals surface area contributed by atoms with Gasteiger partial charge in [-0.3, -0.25) is 0 Å². The van der Waals surface area contributed by atoms with Crippen LogP contribution in [0, 0.1) is 0 Å². The Morgan fingerprint density at radius 3 is 2.47 bits per heavy atom. The molecule has 7 heteroatoms. The van der Waals surface area contributed by atoms with Crippen molar-refractivity contribution in [2.45, 2.75) is 31.2 Å². The highest BCUT2D eigenvalue weighted by atomic mass is 79.9. The number of benzene rings is 1. The molecule has 1 aromatic rings. The van der Waals surface area contributed by atoms with Crippen molar-refractivity contribution in [2.75, 3.05) is 11.9 Å².